The molecule has 1 aliphatic rings. The molecule has 0 atom stereocenters. The van der Waals surface area contributed by atoms with E-state index in [4.69, 9.17) is 4.42 Å². The van der Waals surface area contributed by atoms with Gasteiger partial charge in [0.2, 0.25) is 0 Å². The average Bonchev–Trinajstić information content (AvgIpc) is 2.79. The number of nitrogens with one attached hydrogen (secondary N) is 1. The molecule has 0 saturated carbocycles. The van der Waals surface area contributed by atoms with Gasteiger partial charge in [0.15, 0.2) is 0 Å². The van der Waals surface area contributed by atoms with E-state index < -0.39 is 0 Å². The molecule has 0 amide bonds. The van der Waals surface area contributed by atoms with E-state index in [1.807, 2.05) is 0 Å². The number of nitrogens with zero attached hydrogens (tertiary/aromatic N) is 2. The second-order valence-electron chi connectivity index (χ2n) is 6.79. The molecule has 0 unspecified atom stereocenters. The highest BCUT2D eigenvalue weighted by Crippen LogP contribution is 2.32. The second kappa shape index (κ2) is 4.57. The third kappa shape index (κ3) is 3.05. The maximum Gasteiger partial charge on any atom is 0.297 e. The molecule has 1 aromatic heterocycles. The van der Waals surface area contributed by atoms with Crippen LogP contribution in [0, 0.1) is 0 Å². The number of rotatable bonds is 3. The van der Waals surface area contributed by atoms with Crippen molar-refractivity contribution in [3.63, 3.8) is 0 Å². The van der Waals surface area contributed by atoms with Gasteiger partial charge in [0.25, 0.3) is 6.01 Å². The van der Waals surface area contributed by atoms with Crippen LogP contribution < -0.4 is 10.2 Å². The van der Waals surface area contributed by atoms with Crippen LogP contribution in [-0.2, 0) is 6.54 Å². The summed E-state index contributed by atoms with van der Waals surface area (Å²) in [5.41, 5.74) is 1.24. The van der Waals surface area contributed by atoms with E-state index in [-0.39, 0.29) is 11.1 Å². The molecule has 1 fully saturated rings. The van der Waals surface area contributed by atoms with E-state index in [1.165, 1.54) is 12.8 Å². The Morgan fingerprint density at radius 3 is 2.72 bits per heavy atom. The topological polar surface area (TPSA) is 41.3 Å². The molecule has 18 heavy (non-hydrogen) atoms. The largest absolute Gasteiger partial charge is 0.432 e. The van der Waals surface area contributed by atoms with Crippen LogP contribution in [-0.4, -0.2) is 22.6 Å². The van der Waals surface area contributed by atoms with Crippen LogP contribution in [0.1, 0.15) is 53.2 Å². The number of oxazole rings is 1. The van der Waals surface area contributed by atoms with Crippen LogP contribution in [0.25, 0.3) is 0 Å². The fraction of sp³-hybridized carbons (Fsp3) is 0.786. The smallest absolute Gasteiger partial charge is 0.297 e. The van der Waals surface area contributed by atoms with Gasteiger partial charge in [0.1, 0.15) is 6.26 Å². The fourth-order valence-corrected chi connectivity index (χ4v) is 2.32. The van der Waals surface area contributed by atoms with Crippen molar-refractivity contribution in [3.05, 3.63) is 12.0 Å². The summed E-state index contributed by atoms with van der Waals surface area (Å²) in [4.78, 5) is 6.86. The van der Waals surface area contributed by atoms with Crippen molar-refractivity contribution in [2.75, 3.05) is 11.4 Å². The zero-order chi connectivity index (χ0) is 13.4. The zero-order valence-electron chi connectivity index (χ0n) is 12.2. The van der Waals surface area contributed by atoms with Crippen molar-refractivity contribution < 1.29 is 4.42 Å². The Bertz CT molecular complexity index is 403. The Balaban J connectivity index is 2.02. The molecule has 2 heterocycles. The minimum absolute atomic E-state index is 0.103. The Morgan fingerprint density at radius 1 is 1.44 bits per heavy atom. The van der Waals surface area contributed by atoms with E-state index >= 15 is 0 Å². The molecule has 1 aromatic rings. The number of aromatic nitrogens is 1. The first-order chi connectivity index (χ1) is 8.28. The van der Waals surface area contributed by atoms with Crippen molar-refractivity contribution in [1.29, 1.82) is 0 Å². The monoisotopic (exact) mass is 251 g/mol. The average molecular weight is 251 g/mol. The van der Waals surface area contributed by atoms with Crippen LogP contribution in [0.3, 0.4) is 0 Å². The highest BCUT2D eigenvalue weighted by molar-refractivity contribution is 5.34. The molecule has 1 N–H and O–H groups in total. The first-order valence-electron chi connectivity index (χ1n) is 6.75. The van der Waals surface area contributed by atoms with Gasteiger partial charge in [-0.15, -0.1) is 0 Å². The summed E-state index contributed by atoms with van der Waals surface area (Å²) in [7, 11) is 0. The predicted octanol–water partition coefficient (Wildman–Crippen LogP) is 2.94. The van der Waals surface area contributed by atoms with Crippen molar-refractivity contribution >= 4 is 6.01 Å². The normalized spacial score (nSPS) is 19.5. The Morgan fingerprint density at radius 2 is 2.17 bits per heavy atom. The van der Waals surface area contributed by atoms with E-state index in [0.29, 0.717) is 0 Å². The molecule has 102 valence electrons. The highest BCUT2D eigenvalue weighted by atomic mass is 16.4. The molecule has 4 heteroatoms. The Labute approximate surface area is 110 Å². The number of anilines is 1. The third-order valence-electron chi connectivity index (χ3n) is 3.47. The van der Waals surface area contributed by atoms with Gasteiger partial charge in [-0.25, -0.2) is 0 Å². The minimum atomic E-state index is 0.103. The Kier molecular flexibility index (Phi) is 3.41. The lowest BCUT2D eigenvalue weighted by atomic mass is 10.0. The van der Waals surface area contributed by atoms with Crippen LogP contribution in [0.4, 0.5) is 6.01 Å². The van der Waals surface area contributed by atoms with Gasteiger partial charge in [-0.2, -0.15) is 4.98 Å². The highest BCUT2D eigenvalue weighted by Gasteiger charge is 2.34. The summed E-state index contributed by atoms with van der Waals surface area (Å²) in [6.45, 7) is 12.7. The van der Waals surface area contributed by atoms with Crippen molar-refractivity contribution in [3.8, 4) is 0 Å². The molecule has 0 radical (unpaired) electrons. The van der Waals surface area contributed by atoms with E-state index in [1.54, 1.807) is 6.26 Å². The van der Waals surface area contributed by atoms with E-state index in [0.717, 1.165) is 24.8 Å². The maximum atomic E-state index is 5.62. The lowest BCUT2D eigenvalue weighted by Gasteiger charge is -2.29. The fourth-order valence-electron chi connectivity index (χ4n) is 2.32. The summed E-state index contributed by atoms with van der Waals surface area (Å²) in [5.74, 6) is 0. The van der Waals surface area contributed by atoms with Crippen LogP contribution in [0.15, 0.2) is 10.7 Å². The first kappa shape index (κ1) is 13.4. The molecular weight excluding hydrogens is 226 g/mol. The summed E-state index contributed by atoms with van der Waals surface area (Å²) in [5, 5.41) is 3.42. The maximum absolute atomic E-state index is 5.62. The second-order valence-corrected chi connectivity index (χ2v) is 6.79. The van der Waals surface area contributed by atoms with Crippen molar-refractivity contribution in [1.82, 2.24) is 10.3 Å². The van der Waals surface area contributed by atoms with Gasteiger partial charge in [-0.3, -0.25) is 0 Å². The lowest BCUT2D eigenvalue weighted by molar-refractivity contribution is 0.420. The quantitative estimate of drug-likeness (QED) is 0.896. The molecule has 4 nitrogen and oxygen atoms in total. The molecular formula is C14H25N3O. The van der Waals surface area contributed by atoms with Gasteiger partial charge in [-0.1, -0.05) is 0 Å². The van der Waals surface area contributed by atoms with Crippen LogP contribution in [0.5, 0.6) is 0 Å². The standard InChI is InChI=1S/C14H25N3O/c1-13(2,3)15-9-11-10-18-12(16-11)17-8-6-7-14(17,4)5/h10,15H,6-9H2,1-5H3. The van der Waals surface area contributed by atoms with E-state index in [9.17, 15) is 0 Å². The molecule has 0 spiro atoms. The molecule has 1 aliphatic heterocycles. The molecule has 0 aromatic carbocycles. The van der Waals surface area contributed by atoms with Crippen molar-refractivity contribution in [2.24, 2.45) is 0 Å². The predicted molar refractivity (Wildman–Crippen MR) is 73.8 cm³/mol. The molecule has 0 aliphatic carbocycles. The van der Waals surface area contributed by atoms with Gasteiger partial charge in [-0.05, 0) is 47.5 Å². The summed E-state index contributed by atoms with van der Waals surface area (Å²) in [6.07, 6.45) is 4.18. The molecule has 1 saturated heterocycles. The van der Waals surface area contributed by atoms with Crippen molar-refractivity contribution in [2.45, 2.75) is 65.1 Å². The SMILES string of the molecule is CC(C)(C)NCc1coc(N2CCCC2(C)C)n1. The first-order valence-corrected chi connectivity index (χ1v) is 6.75. The summed E-state index contributed by atoms with van der Waals surface area (Å²) < 4.78 is 5.62. The van der Waals surface area contributed by atoms with Gasteiger partial charge >= 0.3 is 0 Å². The van der Waals surface area contributed by atoms with E-state index in [2.05, 4.69) is 49.8 Å². The molecule has 2 rings (SSSR count). The van der Waals surface area contributed by atoms with Gasteiger partial charge in [0.05, 0.1) is 5.69 Å². The number of hydrogen-bond acceptors (Lipinski definition) is 4. The van der Waals surface area contributed by atoms with Gasteiger partial charge in [0, 0.05) is 24.2 Å². The molecule has 0 bridgehead atoms. The Hall–Kier alpha value is -1.03. The minimum Gasteiger partial charge on any atom is -0.432 e. The van der Waals surface area contributed by atoms with Gasteiger partial charge < -0.3 is 14.6 Å². The lowest BCUT2D eigenvalue weighted by Crippen LogP contribution is -2.38. The zero-order valence-corrected chi connectivity index (χ0v) is 12.2. The summed E-state index contributed by atoms with van der Waals surface area (Å²) in [6, 6.07) is 0.767. The number of hydrogen-bond donors (Lipinski definition) is 1. The summed E-state index contributed by atoms with van der Waals surface area (Å²) >= 11 is 0. The van der Waals surface area contributed by atoms with Crippen LogP contribution >= 0.6 is 0 Å². The van der Waals surface area contributed by atoms with Crippen LogP contribution in [0.2, 0.25) is 0 Å². The third-order valence-corrected chi connectivity index (χ3v) is 3.47.